The van der Waals surface area contributed by atoms with Gasteiger partial charge in [0.05, 0.1) is 17.9 Å². The van der Waals surface area contributed by atoms with E-state index in [0.717, 1.165) is 28.9 Å². The van der Waals surface area contributed by atoms with Crippen LogP contribution in [0, 0.1) is 0 Å². The van der Waals surface area contributed by atoms with Crippen molar-refractivity contribution in [1.29, 1.82) is 0 Å². The maximum Gasteiger partial charge on any atom is 0.316 e. The smallest absolute Gasteiger partial charge is 0.316 e. The van der Waals surface area contributed by atoms with Gasteiger partial charge in [0.25, 0.3) is 5.91 Å². The number of carbonyl (C=O) groups is 2. The van der Waals surface area contributed by atoms with Crippen LogP contribution in [0.3, 0.4) is 0 Å². The van der Waals surface area contributed by atoms with E-state index in [0.29, 0.717) is 23.5 Å². The fraction of sp³-hybridized carbons (Fsp3) is 0.250. The first-order valence-electron chi connectivity index (χ1n) is 7.72. The number of nitrogens with two attached hydrogens (primary N) is 2. The SMILES string of the molecule is NC(=O)Nc1c(C(N)=O)oc2c1sc1ccc(N3CCOCC3)cc12. The van der Waals surface area contributed by atoms with E-state index in [1.165, 1.54) is 11.3 Å². The number of anilines is 2. The van der Waals surface area contributed by atoms with Gasteiger partial charge in [0, 0.05) is 28.9 Å². The normalized spacial score (nSPS) is 15.0. The fourth-order valence-electron chi connectivity index (χ4n) is 3.01. The highest BCUT2D eigenvalue weighted by atomic mass is 32.1. The molecule has 0 radical (unpaired) electrons. The van der Waals surface area contributed by atoms with Crippen molar-refractivity contribution < 1.29 is 18.7 Å². The number of morpholine rings is 1. The molecule has 1 aliphatic heterocycles. The number of rotatable bonds is 3. The van der Waals surface area contributed by atoms with Crippen LogP contribution < -0.4 is 21.7 Å². The summed E-state index contributed by atoms with van der Waals surface area (Å²) in [7, 11) is 0. The molecule has 8 nitrogen and oxygen atoms in total. The number of urea groups is 1. The minimum atomic E-state index is -0.781. The van der Waals surface area contributed by atoms with Gasteiger partial charge in [0.15, 0.2) is 5.58 Å². The Kier molecular flexibility index (Phi) is 3.74. The monoisotopic (exact) mass is 360 g/mol. The van der Waals surface area contributed by atoms with Crippen LogP contribution in [0.15, 0.2) is 22.6 Å². The molecule has 25 heavy (non-hydrogen) atoms. The van der Waals surface area contributed by atoms with Gasteiger partial charge in [0.2, 0.25) is 5.76 Å². The van der Waals surface area contributed by atoms with E-state index in [-0.39, 0.29) is 11.4 Å². The molecule has 1 fully saturated rings. The number of thiophene rings is 1. The number of primary amides is 2. The standard InChI is InChI=1S/C16H16N4O4S/c17-15(21)13-11(19-16(18)22)14-12(24-13)9-7-8(1-2-10(9)25-14)20-3-5-23-6-4-20/h1-2,7H,3-6H2,(H2,17,21)(H3,18,19,22). The molecule has 0 atom stereocenters. The second-order valence-electron chi connectivity index (χ2n) is 5.70. The first-order valence-corrected chi connectivity index (χ1v) is 8.54. The Morgan fingerprint density at radius 3 is 2.64 bits per heavy atom. The lowest BCUT2D eigenvalue weighted by Gasteiger charge is -2.28. The number of nitrogens with zero attached hydrogens (tertiary/aromatic N) is 1. The maximum absolute atomic E-state index is 11.6. The quantitative estimate of drug-likeness (QED) is 0.659. The molecule has 0 saturated carbocycles. The molecule has 5 N–H and O–H groups in total. The molecule has 0 bridgehead atoms. The topological polar surface area (TPSA) is 124 Å². The number of hydrogen-bond donors (Lipinski definition) is 3. The third-order valence-electron chi connectivity index (χ3n) is 4.13. The van der Waals surface area contributed by atoms with Crippen molar-refractivity contribution in [2.45, 2.75) is 0 Å². The molecular formula is C16H16N4O4S. The average Bonchev–Trinajstić information content (AvgIpc) is 3.12. The van der Waals surface area contributed by atoms with Crippen molar-refractivity contribution in [3.8, 4) is 0 Å². The Labute approximate surface area is 146 Å². The summed E-state index contributed by atoms with van der Waals surface area (Å²) < 4.78 is 12.7. The molecule has 0 unspecified atom stereocenters. The van der Waals surface area contributed by atoms with E-state index in [9.17, 15) is 9.59 Å². The number of nitrogens with one attached hydrogen (secondary N) is 1. The summed E-state index contributed by atoms with van der Waals surface area (Å²) in [5.74, 6) is -0.858. The molecule has 3 aromatic rings. The lowest BCUT2D eigenvalue weighted by molar-refractivity contribution is 0.0977. The second kappa shape index (κ2) is 5.94. The number of ether oxygens (including phenoxy) is 1. The highest BCUT2D eigenvalue weighted by Crippen LogP contribution is 2.43. The third-order valence-corrected chi connectivity index (χ3v) is 5.30. The van der Waals surface area contributed by atoms with Crippen LogP contribution in [0.4, 0.5) is 16.2 Å². The van der Waals surface area contributed by atoms with Crippen molar-refractivity contribution in [3.63, 3.8) is 0 Å². The van der Waals surface area contributed by atoms with Gasteiger partial charge >= 0.3 is 6.03 Å². The Bertz CT molecular complexity index is 987. The highest BCUT2D eigenvalue weighted by Gasteiger charge is 2.24. The number of amides is 3. The number of benzene rings is 1. The van der Waals surface area contributed by atoms with Crippen molar-refractivity contribution in [3.05, 3.63) is 24.0 Å². The fourth-order valence-corrected chi connectivity index (χ4v) is 4.12. The molecular weight excluding hydrogens is 344 g/mol. The van der Waals surface area contributed by atoms with E-state index in [1.54, 1.807) is 0 Å². The largest absolute Gasteiger partial charge is 0.447 e. The Morgan fingerprint density at radius 1 is 1.20 bits per heavy atom. The van der Waals surface area contributed by atoms with Gasteiger partial charge in [-0.25, -0.2) is 4.79 Å². The van der Waals surface area contributed by atoms with Crippen molar-refractivity contribution >= 4 is 55.0 Å². The number of carbonyl (C=O) groups excluding carboxylic acids is 2. The molecule has 130 valence electrons. The molecule has 0 aliphatic carbocycles. The van der Waals surface area contributed by atoms with Crippen molar-refractivity contribution in [2.24, 2.45) is 11.5 Å². The van der Waals surface area contributed by atoms with Crippen LogP contribution in [0.1, 0.15) is 10.6 Å². The minimum absolute atomic E-state index is 0.0984. The Hall–Kier alpha value is -2.78. The molecule has 4 rings (SSSR count). The zero-order valence-electron chi connectivity index (χ0n) is 13.2. The van der Waals surface area contributed by atoms with Gasteiger partial charge in [-0.3, -0.25) is 4.79 Å². The molecule has 3 amide bonds. The van der Waals surface area contributed by atoms with E-state index < -0.39 is 11.9 Å². The van der Waals surface area contributed by atoms with Crippen LogP contribution in [-0.2, 0) is 4.74 Å². The zero-order chi connectivity index (χ0) is 17.6. The first kappa shape index (κ1) is 15.7. The van der Waals surface area contributed by atoms with Gasteiger partial charge in [0.1, 0.15) is 5.69 Å². The lowest BCUT2D eigenvalue weighted by atomic mass is 10.2. The van der Waals surface area contributed by atoms with Crippen LogP contribution in [0.2, 0.25) is 0 Å². The molecule has 1 saturated heterocycles. The van der Waals surface area contributed by atoms with E-state index in [4.69, 9.17) is 20.6 Å². The molecule has 2 aromatic heterocycles. The first-order chi connectivity index (χ1) is 12.0. The molecule has 9 heteroatoms. The van der Waals surface area contributed by atoms with Crippen LogP contribution in [-0.4, -0.2) is 38.2 Å². The number of fused-ring (bicyclic) bond motifs is 3. The van der Waals surface area contributed by atoms with Crippen LogP contribution in [0.25, 0.3) is 20.4 Å². The summed E-state index contributed by atoms with van der Waals surface area (Å²) in [6.07, 6.45) is 0. The van der Waals surface area contributed by atoms with Crippen LogP contribution >= 0.6 is 11.3 Å². The highest BCUT2D eigenvalue weighted by molar-refractivity contribution is 7.26. The van der Waals surface area contributed by atoms with Gasteiger partial charge in [-0.05, 0) is 18.2 Å². The predicted molar refractivity (Wildman–Crippen MR) is 96.4 cm³/mol. The lowest BCUT2D eigenvalue weighted by Crippen LogP contribution is -2.36. The summed E-state index contributed by atoms with van der Waals surface area (Å²) in [6, 6.07) is 5.27. The zero-order valence-corrected chi connectivity index (χ0v) is 14.0. The molecule has 1 aliphatic rings. The Balaban J connectivity index is 1.88. The minimum Gasteiger partial charge on any atom is -0.447 e. The summed E-state index contributed by atoms with van der Waals surface area (Å²) >= 11 is 1.41. The summed E-state index contributed by atoms with van der Waals surface area (Å²) in [5, 5.41) is 3.31. The van der Waals surface area contributed by atoms with Crippen LogP contribution in [0.5, 0.6) is 0 Å². The molecule has 0 spiro atoms. The van der Waals surface area contributed by atoms with Gasteiger partial charge in [-0.1, -0.05) is 0 Å². The third kappa shape index (κ3) is 2.67. The van der Waals surface area contributed by atoms with E-state index >= 15 is 0 Å². The summed E-state index contributed by atoms with van der Waals surface area (Å²) in [6.45, 7) is 3.02. The molecule has 3 heterocycles. The van der Waals surface area contributed by atoms with Gasteiger partial charge in [-0.15, -0.1) is 11.3 Å². The second-order valence-corrected chi connectivity index (χ2v) is 6.75. The average molecular weight is 360 g/mol. The summed E-state index contributed by atoms with van der Waals surface area (Å²) in [4.78, 5) is 25.1. The van der Waals surface area contributed by atoms with Gasteiger partial charge < -0.3 is 30.8 Å². The predicted octanol–water partition coefficient (Wildman–Crippen LogP) is 2.07. The van der Waals surface area contributed by atoms with Gasteiger partial charge in [-0.2, -0.15) is 0 Å². The Morgan fingerprint density at radius 2 is 1.96 bits per heavy atom. The number of furan rings is 1. The molecule has 1 aromatic carbocycles. The van der Waals surface area contributed by atoms with E-state index in [2.05, 4.69) is 10.2 Å². The number of hydrogen-bond acceptors (Lipinski definition) is 6. The van der Waals surface area contributed by atoms with Crippen molar-refractivity contribution in [2.75, 3.05) is 36.5 Å². The van der Waals surface area contributed by atoms with E-state index in [1.807, 2.05) is 18.2 Å². The van der Waals surface area contributed by atoms with Crippen molar-refractivity contribution in [1.82, 2.24) is 0 Å². The maximum atomic E-state index is 11.6. The summed E-state index contributed by atoms with van der Waals surface area (Å²) in [5.41, 5.74) is 12.4.